The number of halogens is 4. The molecule has 4 aromatic rings. The Labute approximate surface area is 224 Å². The molecule has 3 aromatic carbocycles. The predicted molar refractivity (Wildman–Crippen MR) is 142 cm³/mol. The largest absolute Gasteiger partial charge is 0.455 e. The molecule has 0 fully saturated rings. The summed E-state index contributed by atoms with van der Waals surface area (Å²) in [5.74, 6) is 0.233. The lowest BCUT2D eigenvalue weighted by molar-refractivity contribution is 0.0922. The Morgan fingerprint density at radius 3 is 2.44 bits per heavy atom. The van der Waals surface area contributed by atoms with E-state index < -0.39 is 0 Å². The highest BCUT2D eigenvalue weighted by molar-refractivity contribution is 6.35. The van der Waals surface area contributed by atoms with E-state index in [1.165, 1.54) is 12.1 Å². The standard InChI is InChI=1S/C28H24Cl3FN2O2/c29-22-9-8-20(26(31)15-22)12-13-33-28(35)27-11-10-24(36-27)18-34(16-19-4-3-6-23(32)14-19)17-21-5-1-2-7-25(21)30/h1-11,14-15H,12-13,16-18H2,(H,33,35). The van der Waals surface area contributed by atoms with E-state index in [2.05, 4.69) is 10.2 Å². The normalized spacial score (nSPS) is 11.1. The minimum atomic E-state index is -0.311. The third kappa shape index (κ3) is 7.34. The van der Waals surface area contributed by atoms with E-state index in [1.807, 2.05) is 36.4 Å². The molecule has 0 unspecified atom stereocenters. The van der Waals surface area contributed by atoms with Crippen molar-refractivity contribution in [2.45, 2.75) is 26.1 Å². The monoisotopic (exact) mass is 544 g/mol. The summed E-state index contributed by atoms with van der Waals surface area (Å²) < 4.78 is 19.6. The predicted octanol–water partition coefficient (Wildman–Crippen LogP) is 7.55. The zero-order valence-electron chi connectivity index (χ0n) is 19.3. The first-order valence-electron chi connectivity index (χ1n) is 11.4. The fourth-order valence-electron chi connectivity index (χ4n) is 3.86. The number of nitrogens with one attached hydrogen (secondary N) is 1. The third-order valence-corrected chi connectivity index (χ3v) is 6.56. The molecule has 36 heavy (non-hydrogen) atoms. The highest BCUT2D eigenvalue weighted by Gasteiger charge is 2.16. The molecule has 0 atom stereocenters. The molecule has 0 aliphatic heterocycles. The molecule has 0 radical (unpaired) electrons. The summed E-state index contributed by atoms with van der Waals surface area (Å²) in [6.07, 6.45) is 0.564. The van der Waals surface area contributed by atoms with Crippen LogP contribution in [0.2, 0.25) is 15.1 Å². The van der Waals surface area contributed by atoms with Gasteiger partial charge in [0.25, 0.3) is 5.91 Å². The van der Waals surface area contributed by atoms with E-state index >= 15 is 0 Å². The highest BCUT2D eigenvalue weighted by atomic mass is 35.5. The number of hydrogen-bond donors (Lipinski definition) is 1. The lowest BCUT2D eigenvalue weighted by atomic mass is 10.1. The molecular formula is C28H24Cl3FN2O2. The molecular weight excluding hydrogens is 522 g/mol. The van der Waals surface area contributed by atoms with Crippen LogP contribution in [0.5, 0.6) is 0 Å². The first kappa shape index (κ1) is 26.2. The van der Waals surface area contributed by atoms with Gasteiger partial charge >= 0.3 is 0 Å². The first-order chi connectivity index (χ1) is 17.4. The Hall–Kier alpha value is -2.83. The summed E-state index contributed by atoms with van der Waals surface area (Å²) >= 11 is 18.5. The van der Waals surface area contributed by atoms with Gasteiger partial charge in [-0.3, -0.25) is 9.69 Å². The van der Waals surface area contributed by atoms with E-state index in [-0.39, 0.29) is 17.5 Å². The summed E-state index contributed by atoms with van der Waals surface area (Å²) in [6, 6.07) is 22.8. The molecule has 1 heterocycles. The fraction of sp³-hybridized carbons (Fsp3) is 0.179. The second-order valence-corrected chi connectivity index (χ2v) is 9.62. The van der Waals surface area contributed by atoms with Gasteiger partial charge in [-0.2, -0.15) is 0 Å². The van der Waals surface area contributed by atoms with Crippen molar-refractivity contribution in [1.82, 2.24) is 10.2 Å². The summed E-state index contributed by atoms with van der Waals surface area (Å²) in [4.78, 5) is 14.7. The van der Waals surface area contributed by atoms with Crippen molar-refractivity contribution in [2.75, 3.05) is 6.54 Å². The average molecular weight is 546 g/mol. The van der Waals surface area contributed by atoms with Crippen LogP contribution in [0.15, 0.2) is 83.3 Å². The van der Waals surface area contributed by atoms with Crippen molar-refractivity contribution in [2.24, 2.45) is 0 Å². The third-order valence-electron chi connectivity index (χ3n) is 5.61. The van der Waals surface area contributed by atoms with Crippen LogP contribution in [-0.2, 0) is 26.1 Å². The van der Waals surface area contributed by atoms with Gasteiger partial charge in [-0.25, -0.2) is 4.39 Å². The van der Waals surface area contributed by atoms with Gasteiger partial charge in [-0.05, 0) is 65.6 Å². The second-order valence-electron chi connectivity index (χ2n) is 8.37. The maximum absolute atomic E-state index is 13.8. The number of hydrogen-bond acceptors (Lipinski definition) is 3. The molecule has 0 spiro atoms. The molecule has 4 rings (SSSR count). The minimum absolute atomic E-state index is 0.218. The molecule has 0 saturated carbocycles. The number of benzene rings is 3. The lowest BCUT2D eigenvalue weighted by Gasteiger charge is -2.22. The zero-order chi connectivity index (χ0) is 25.5. The molecule has 0 saturated heterocycles. The van der Waals surface area contributed by atoms with E-state index in [0.29, 0.717) is 53.4 Å². The minimum Gasteiger partial charge on any atom is -0.455 e. The van der Waals surface area contributed by atoms with Gasteiger partial charge in [-0.1, -0.05) is 71.2 Å². The van der Waals surface area contributed by atoms with Gasteiger partial charge in [-0.15, -0.1) is 0 Å². The number of carbonyl (C=O) groups is 1. The van der Waals surface area contributed by atoms with Crippen LogP contribution in [0, 0.1) is 5.82 Å². The quantitative estimate of drug-likeness (QED) is 0.224. The van der Waals surface area contributed by atoms with Crippen LogP contribution < -0.4 is 5.32 Å². The van der Waals surface area contributed by atoms with E-state index in [4.69, 9.17) is 39.2 Å². The second kappa shape index (κ2) is 12.4. The van der Waals surface area contributed by atoms with Crippen LogP contribution in [-0.4, -0.2) is 17.4 Å². The summed E-state index contributed by atoms with van der Waals surface area (Å²) in [7, 11) is 0. The van der Waals surface area contributed by atoms with Gasteiger partial charge in [0.2, 0.25) is 0 Å². The molecule has 186 valence electrons. The molecule has 0 bridgehead atoms. The van der Waals surface area contributed by atoms with Crippen LogP contribution >= 0.6 is 34.8 Å². The van der Waals surface area contributed by atoms with Crippen LogP contribution in [0.3, 0.4) is 0 Å². The molecule has 1 aromatic heterocycles. The van der Waals surface area contributed by atoms with Crippen molar-refractivity contribution in [3.05, 3.63) is 128 Å². The van der Waals surface area contributed by atoms with Gasteiger partial charge in [0, 0.05) is 34.7 Å². The van der Waals surface area contributed by atoms with Crippen molar-refractivity contribution in [3.8, 4) is 0 Å². The molecule has 4 nitrogen and oxygen atoms in total. The number of furan rings is 1. The van der Waals surface area contributed by atoms with Gasteiger partial charge in [0.05, 0.1) is 6.54 Å². The van der Waals surface area contributed by atoms with Crippen molar-refractivity contribution in [1.29, 1.82) is 0 Å². The zero-order valence-corrected chi connectivity index (χ0v) is 21.6. The van der Waals surface area contributed by atoms with Gasteiger partial charge in [0.1, 0.15) is 11.6 Å². The average Bonchev–Trinajstić information content (AvgIpc) is 3.30. The van der Waals surface area contributed by atoms with Crippen LogP contribution in [0.25, 0.3) is 0 Å². The summed E-state index contributed by atoms with van der Waals surface area (Å²) in [5.41, 5.74) is 2.67. The Balaban J connectivity index is 1.40. The van der Waals surface area contributed by atoms with Crippen molar-refractivity contribution >= 4 is 40.7 Å². The first-order valence-corrected chi connectivity index (χ1v) is 12.5. The maximum atomic E-state index is 13.8. The van der Waals surface area contributed by atoms with Gasteiger partial charge < -0.3 is 9.73 Å². The molecule has 0 aliphatic carbocycles. The van der Waals surface area contributed by atoms with Crippen LogP contribution in [0.4, 0.5) is 4.39 Å². The number of carbonyl (C=O) groups excluding carboxylic acids is 1. The lowest BCUT2D eigenvalue weighted by Crippen LogP contribution is -2.25. The van der Waals surface area contributed by atoms with Crippen LogP contribution in [0.1, 0.15) is 33.0 Å². The van der Waals surface area contributed by atoms with Crippen molar-refractivity contribution in [3.63, 3.8) is 0 Å². The Bertz CT molecular complexity index is 1340. The number of nitrogens with zero attached hydrogens (tertiary/aromatic N) is 1. The summed E-state index contributed by atoms with van der Waals surface area (Å²) in [6.45, 7) is 1.82. The molecule has 1 N–H and O–H groups in total. The SMILES string of the molecule is O=C(NCCc1ccc(Cl)cc1Cl)c1ccc(CN(Cc2cccc(F)c2)Cc2ccccc2Cl)o1. The summed E-state index contributed by atoms with van der Waals surface area (Å²) in [5, 5.41) is 4.64. The van der Waals surface area contributed by atoms with E-state index in [0.717, 1.165) is 16.7 Å². The van der Waals surface area contributed by atoms with E-state index in [9.17, 15) is 9.18 Å². The smallest absolute Gasteiger partial charge is 0.287 e. The topological polar surface area (TPSA) is 45.5 Å². The Morgan fingerprint density at radius 1 is 0.833 bits per heavy atom. The Kier molecular flexibility index (Phi) is 9.05. The number of amides is 1. The maximum Gasteiger partial charge on any atom is 0.287 e. The highest BCUT2D eigenvalue weighted by Crippen LogP contribution is 2.22. The molecule has 1 amide bonds. The number of rotatable bonds is 10. The fourth-order valence-corrected chi connectivity index (χ4v) is 4.55. The van der Waals surface area contributed by atoms with Gasteiger partial charge in [0.15, 0.2) is 5.76 Å². The van der Waals surface area contributed by atoms with E-state index in [1.54, 1.807) is 30.3 Å². The molecule has 8 heteroatoms. The molecule has 0 aliphatic rings. The Morgan fingerprint density at radius 2 is 1.67 bits per heavy atom. The van der Waals surface area contributed by atoms with Crippen molar-refractivity contribution < 1.29 is 13.6 Å².